The molecule has 1 atom stereocenters. The van der Waals surface area contributed by atoms with Crippen LogP contribution >= 0.6 is 0 Å². The molecule has 1 fully saturated rings. The number of carbonyl (C=O) groups is 1. The molecule has 1 aliphatic rings. The standard InChI is InChI=1S/C16H25N3O2/c1-3-21-16-7-5-4-6-14(16)15(17)12-18-8-10-19(11-9-18)13(2)20/h4-7,15H,3,8-12,17H2,1-2H3. The zero-order chi connectivity index (χ0) is 15.2. The quantitative estimate of drug-likeness (QED) is 0.887. The zero-order valence-corrected chi connectivity index (χ0v) is 12.9. The molecule has 0 aliphatic carbocycles. The van der Waals surface area contributed by atoms with Crippen molar-refractivity contribution in [1.82, 2.24) is 9.80 Å². The lowest BCUT2D eigenvalue weighted by Gasteiger charge is -2.35. The number of nitrogens with two attached hydrogens (primary N) is 1. The number of hydrogen-bond donors (Lipinski definition) is 1. The minimum Gasteiger partial charge on any atom is -0.494 e. The molecule has 1 heterocycles. The second-order valence-electron chi connectivity index (χ2n) is 5.38. The lowest BCUT2D eigenvalue weighted by Crippen LogP contribution is -2.49. The molecule has 0 aromatic heterocycles. The van der Waals surface area contributed by atoms with E-state index in [1.165, 1.54) is 0 Å². The van der Waals surface area contributed by atoms with Crippen molar-refractivity contribution < 1.29 is 9.53 Å². The van der Waals surface area contributed by atoms with Gasteiger partial charge in [-0.1, -0.05) is 18.2 Å². The predicted molar refractivity (Wildman–Crippen MR) is 83.2 cm³/mol. The number of nitrogens with zero attached hydrogens (tertiary/aromatic N) is 2. The Morgan fingerprint density at radius 1 is 1.29 bits per heavy atom. The van der Waals surface area contributed by atoms with E-state index in [9.17, 15) is 4.79 Å². The molecule has 0 saturated carbocycles. The zero-order valence-electron chi connectivity index (χ0n) is 12.9. The highest BCUT2D eigenvalue weighted by Crippen LogP contribution is 2.24. The van der Waals surface area contributed by atoms with Gasteiger partial charge in [-0.3, -0.25) is 9.69 Å². The Kier molecular flexibility index (Phi) is 5.59. The normalized spacial score (nSPS) is 17.6. The van der Waals surface area contributed by atoms with Gasteiger partial charge in [-0.05, 0) is 13.0 Å². The van der Waals surface area contributed by atoms with Crippen LogP contribution in [0, 0.1) is 0 Å². The van der Waals surface area contributed by atoms with Crippen molar-refractivity contribution in [3.63, 3.8) is 0 Å². The van der Waals surface area contributed by atoms with Crippen molar-refractivity contribution in [1.29, 1.82) is 0 Å². The number of amides is 1. The summed E-state index contributed by atoms with van der Waals surface area (Å²) >= 11 is 0. The molecule has 2 rings (SSSR count). The molecule has 5 heteroatoms. The van der Waals surface area contributed by atoms with Crippen LogP contribution in [0.15, 0.2) is 24.3 Å². The Balaban J connectivity index is 1.93. The van der Waals surface area contributed by atoms with Gasteiger partial charge >= 0.3 is 0 Å². The smallest absolute Gasteiger partial charge is 0.219 e. The Bertz CT molecular complexity index is 470. The highest BCUT2D eigenvalue weighted by Gasteiger charge is 2.21. The highest BCUT2D eigenvalue weighted by atomic mass is 16.5. The molecule has 1 aromatic rings. The molecule has 1 amide bonds. The molecule has 2 N–H and O–H groups in total. The molecule has 1 aromatic carbocycles. The van der Waals surface area contributed by atoms with Gasteiger partial charge in [-0.15, -0.1) is 0 Å². The summed E-state index contributed by atoms with van der Waals surface area (Å²) in [7, 11) is 0. The Morgan fingerprint density at radius 3 is 2.57 bits per heavy atom. The maximum absolute atomic E-state index is 11.3. The van der Waals surface area contributed by atoms with Crippen molar-refractivity contribution in [3.8, 4) is 5.75 Å². The van der Waals surface area contributed by atoms with Crippen LogP contribution in [-0.2, 0) is 4.79 Å². The van der Waals surface area contributed by atoms with Crippen LogP contribution in [0.3, 0.4) is 0 Å². The van der Waals surface area contributed by atoms with Crippen LogP contribution in [0.1, 0.15) is 25.5 Å². The summed E-state index contributed by atoms with van der Waals surface area (Å²) < 4.78 is 5.64. The first-order valence-corrected chi connectivity index (χ1v) is 7.57. The van der Waals surface area contributed by atoms with Gasteiger partial charge < -0.3 is 15.4 Å². The number of hydrogen-bond acceptors (Lipinski definition) is 4. The number of piperazine rings is 1. The molecule has 116 valence electrons. The topological polar surface area (TPSA) is 58.8 Å². The number of rotatable bonds is 5. The molecule has 0 radical (unpaired) electrons. The van der Waals surface area contributed by atoms with Crippen LogP contribution in [-0.4, -0.2) is 55.0 Å². The van der Waals surface area contributed by atoms with Crippen LogP contribution in [0.2, 0.25) is 0 Å². The number of benzene rings is 1. The molecule has 0 bridgehead atoms. The van der Waals surface area contributed by atoms with Gasteiger partial charge in [-0.2, -0.15) is 0 Å². The fraction of sp³-hybridized carbons (Fsp3) is 0.562. The minimum absolute atomic E-state index is 0.0726. The molecular formula is C16H25N3O2. The predicted octanol–water partition coefficient (Wildman–Crippen LogP) is 1.25. The van der Waals surface area contributed by atoms with Crippen molar-refractivity contribution >= 4 is 5.91 Å². The maximum Gasteiger partial charge on any atom is 0.219 e. The number of para-hydroxylation sites is 1. The van der Waals surface area contributed by atoms with E-state index in [1.54, 1.807) is 6.92 Å². The Hall–Kier alpha value is -1.59. The van der Waals surface area contributed by atoms with Crippen molar-refractivity contribution in [2.45, 2.75) is 19.9 Å². The SMILES string of the molecule is CCOc1ccccc1C(N)CN1CCN(C(C)=O)CC1. The summed E-state index contributed by atoms with van der Waals surface area (Å²) in [4.78, 5) is 15.5. The van der Waals surface area contributed by atoms with Gasteiger partial charge in [0.2, 0.25) is 5.91 Å². The van der Waals surface area contributed by atoms with Gasteiger partial charge in [0, 0.05) is 51.3 Å². The minimum atomic E-state index is -0.0726. The summed E-state index contributed by atoms with van der Waals surface area (Å²) in [6.45, 7) is 8.36. The largest absolute Gasteiger partial charge is 0.494 e. The van der Waals surface area contributed by atoms with Crippen LogP contribution < -0.4 is 10.5 Å². The molecule has 1 unspecified atom stereocenters. The van der Waals surface area contributed by atoms with Crippen molar-refractivity contribution in [2.24, 2.45) is 5.73 Å². The molecule has 5 nitrogen and oxygen atoms in total. The first kappa shape index (κ1) is 15.8. The molecule has 1 aliphatic heterocycles. The monoisotopic (exact) mass is 291 g/mol. The number of ether oxygens (including phenoxy) is 1. The molecule has 0 spiro atoms. The molecule has 21 heavy (non-hydrogen) atoms. The van der Waals surface area contributed by atoms with E-state index in [0.29, 0.717) is 6.61 Å². The maximum atomic E-state index is 11.3. The third-order valence-electron chi connectivity index (χ3n) is 3.89. The van der Waals surface area contributed by atoms with Crippen LogP contribution in [0.4, 0.5) is 0 Å². The highest BCUT2D eigenvalue weighted by molar-refractivity contribution is 5.73. The average molecular weight is 291 g/mol. The van der Waals surface area contributed by atoms with Crippen molar-refractivity contribution in [2.75, 3.05) is 39.3 Å². The third kappa shape index (κ3) is 4.19. The van der Waals surface area contributed by atoms with Gasteiger partial charge in [-0.25, -0.2) is 0 Å². The van der Waals surface area contributed by atoms with E-state index in [1.807, 2.05) is 36.1 Å². The first-order chi connectivity index (χ1) is 10.1. The second kappa shape index (κ2) is 7.43. The van der Waals surface area contributed by atoms with E-state index in [0.717, 1.165) is 44.0 Å². The van der Waals surface area contributed by atoms with Gasteiger partial charge in [0.15, 0.2) is 0 Å². The van der Waals surface area contributed by atoms with Crippen LogP contribution in [0.5, 0.6) is 5.75 Å². The van der Waals surface area contributed by atoms with E-state index >= 15 is 0 Å². The average Bonchev–Trinajstić information content (AvgIpc) is 2.48. The fourth-order valence-electron chi connectivity index (χ4n) is 2.70. The van der Waals surface area contributed by atoms with Gasteiger partial charge in [0.1, 0.15) is 5.75 Å². The van der Waals surface area contributed by atoms with Gasteiger partial charge in [0.05, 0.1) is 6.61 Å². The number of carbonyl (C=O) groups excluding carboxylic acids is 1. The van der Waals surface area contributed by atoms with E-state index in [2.05, 4.69) is 4.90 Å². The van der Waals surface area contributed by atoms with E-state index in [-0.39, 0.29) is 11.9 Å². The third-order valence-corrected chi connectivity index (χ3v) is 3.89. The Labute approximate surface area is 126 Å². The lowest BCUT2D eigenvalue weighted by molar-refractivity contribution is -0.130. The summed E-state index contributed by atoms with van der Waals surface area (Å²) in [6, 6.07) is 7.88. The fourth-order valence-corrected chi connectivity index (χ4v) is 2.70. The van der Waals surface area contributed by atoms with E-state index < -0.39 is 0 Å². The summed E-state index contributed by atoms with van der Waals surface area (Å²) in [6.07, 6.45) is 0. The van der Waals surface area contributed by atoms with E-state index in [4.69, 9.17) is 10.5 Å². The summed E-state index contributed by atoms with van der Waals surface area (Å²) in [5.74, 6) is 1.02. The molecule has 1 saturated heterocycles. The lowest BCUT2D eigenvalue weighted by atomic mass is 10.1. The Morgan fingerprint density at radius 2 is 1.95 bits per heavy atom. The van der Waals surface area contributed by atoms with Gasteiger partial charge in [0.25, 0.3) is 0 Å². The second-order valence-corrected chi connectivity index (χ2v) is 5.38. The van der Waals surface area contributed by atoms with Crippen molar-refractivity contribution in [3.05, 3.63) is 29.8 Å². The summed E-state index contributed by atoms with van der Waals surface area (Å²) in [5.41, 5.74) is 7.40. The summed E-state index contributed by atoms with van der Waals surface area (Å²) in [5, 5.41) is 0. The van der Waals surface area contributed by atoms with Crippen LogP contribution in [0.25, 0.3) is 0 Å². The molecular weight excluding hydrogens is 266 g/mol. The first-order valence-electron chi connectivity index (χ1n) is 7.57.